The van der Waals surface area contributed by atoms with E-state index in [0.29, 0.717) is 24.3 Å². The third-order valence-electron chi connectivity index (χ3n) is 4.57. The maximum Gasteiger partial charge on any atom is 0.277 e. The largest absolute Gasteiger partial charge is 0.322 e. The van der Waals surface area contributed by atoms with Crippen LogP contribution >= 0.6 is 11.6 Å². The summed E-state index contributed by atoms with van der Waals surface area (Å²) in [7, 11) is -3.74. The number of anilines is 1. The lowest BCUT2D eigenvalue weighted by Crippen LogP contribution is -2.28. The summed E-state index contributed by atoms with van der Waals surface area (Å²) in [5.74, 6) is -0.647. The van der Waals surface area contributed by atoms with Crippen LogP contribution in [0.25, 0.3) is 0 Å². The first-order valence-electron chi connectivity index (χ1n) is 8.38. The summed E-state index contributed by atoms with van der Waals surface area (Å²) in [6.45, 7) is 4.18. The average Bonchev–Trinajstić information content (AvgIpc) is 3.15. The van der Waals surface area contributed by atoms with Gasteiger partial charge in [0, 0.05) is 18.8 Å². The molecule has 0 aliphatic carbocycles. The van der Waals surface area contributed by atoms with Crippen LogP contribution in [0.5, 0.6) is 0 Å². The fourth-order valence-corrected chi connectivity index (χ4v) is 4.96. The molecule has 1 amide bonds. The van der Waals surface area contributed by atoms with Gasteiger partial charge >= 0.3 is 0 Å². The van der Waals surface area contributed by atoms with Crippen LogP contribution in [-0.2, 0) is 10.0 Å². The number of aromatic nitrogens is 2. The molecule has 1 saturated heterocycles. The van der Waals surface area contributed by atoms with Gasteiger partial charge in [-0.1, -0.05) is 11.6 Å². The van der Waals surface area contributed by atoms with E-state index >= 15 is 0 Å². The van der Waals surface area contributed by atoms with E-state index < -0.39 is 21.5 Å². The number of benzene rings is 1. The summed E-state index contributed by atoms with van der Waals surface area (Å²) in [4.78, 5) is 24.5. The summed E-state index contributed by atoms with van der Waals surface area (Å²) in [5, 5.41) is 8.72. The molecule has 3 rings (SSSR count). The topological polar surface area (TPSA) is 112 Å². The average molecular weight is 411 g/mol. The Kier molecular flexibility index (Phi) is 5.36. The number of aryl methyl sites for hydroxylation is 1. The van der Waals surface area contributed by atoms with Crippen molar-refractivity contribution in [1.82, 2.24) is 14.5 Å². The Hall–Kier alpha value is -2.23. The van der Waals surface area contributed by atoms with Crippen LogP contribution < -0.4 is 10.9 Å². The van der Waals surface area contributed by atoms with Gasteiger partial charge in [0.25, 0.3) is 11.5 Å². The van der Waals surface area contributed by atoms with Crippen molar-refractivity contribution in [1.29, 1.82) is 0 Å². The molecular formula is C17H19ClN4O4S. The summed E-state index contributed by atoms with van der Waals surface area (Å²) in [6.07, 6.45) is 1.60. The Morgan fingerprint density at radius 2 is 1.93 bits per heavy atom. The lowest BCUT2D eigenvalue weighted by atomic mass is 10.1. The van der Waals surface area contributed by atoms with Crippen molar-refractivity contribution in [3.63, 3.8) is 0 Å². The Bertz CT molecular complexity index is 1060. The monoisotopic (exact) mass is 410 g/mol. The molecule has 0 unspecified atom stereocenters. The highest BCUT2D eigenvalue weighted by Gasteiger charge is 2.29. The summed E-state index contributed by atoms with van der Waals surface area (Å²) in [6, 6.07) is 4.21. The molecule has 1 fully saturated rings. The molecule has 0 atom stereocenters. The highest BCUT2D eigenvalue weighted by molar-refractivity contribution is 7.89. The first kappa shape index (κ1) is 19.5. The van der Waals surface area contributed by atoms with Gasteiger partial charge in [0.15, 0.2) is 0 Å². The number of hydrogen-bond donors (Lipinski definition) is 2. The van der Waals surface area contributed by atoms with E-state index in [9.17, 15) is 18.0 Å². The fraction of sp³-hybridized carbons (Fsp3) is 0.353. The van der Waals surface area contributed by atoms with Gasteiger partial charge in [0.05, 0.1) is 10.7 Å². The Morgan fingerprint density at radius 1 is 1.26 bits per heavy atom. The zero-order chi connectivity index (χ0) is 19.8. The zero-order valence-electron chi connectivity index (χ0n) is 14.9. The summed E-state index contributed by atoms with van der Waals surface area (Å²) >= 11 is 6.10. The van der Waals surface area contributed by atoms with Gasteiger partial charge in [-0.05, 0) is 50.5 Å². The van der Waals surface area contributed by atoms with Crippen molar-refractivity contribution in [2.75, 3.05) is 18.4 Å². The normalized spacial score (nSPS) is 15.1. The third-order valence-corrected chi connectivity index (χ3v) is 6.95. The highest BCUT2D eigenvalue weighted by Crippen LogP contribution is 2.29. The Morgan fingerprint density at radius 3 is 2.59 bits per heavy atom. The smallest absolute Gasteiger partial charge is 0.277 e. The number of rotatable bonds is 4. The van der Waals surface area contributed by atoms with Gasteiger partial charge in [0.2, 0.25) is 10.0 Å². The number of halogens is 1. The van der Waals surface area contributed by atoms with Crippen LogP contribution in [0.2, 0.25) is 5.02 Å². The van der Waals surface area contributed by atoms with E-state index in [-0.39, 0.29) is 21.2 Å². The molecule has 144 valence electrons. The van der Waals surface area contributed by atoms with Gasteiger partial charge in [-0.25, -0.2) is 13.5 Å². The molecular weight excluding hydrogens is 392 g/mol. The molecule has 2 heterocycles. The minimum Gasteiger partial charge on any atom is -0.322 e. The number of nitrogens with zero attached hydrogens (tertiary/aromatic N) is 2. The van der Waals surface area contributed by atoms with Crippen LogP contribution in [0.1, 0.15) is 34.5 Å². The van der Waals surface area contributed by atoms with Crippen molar-refractivity contribution >= 4 is 33.2 Å². The van der Waals surface area contributed by atoms with Gasteiger partial charge in [0.1, 0.15) is 10.5 Å². The standard InChI is InChI=1S/C17H19ClN4O4S/c1-10-11(2)20-21-17(24)15(10)16(23)19-12-5-6-13(18)14(9-12)27(25,26)22-7-3-4-8-22/h5-6,9H,3-4,7-8H2,1-2H3,(H,19,23)(H,21,24). The zero-order valence-corrected chi connectivity index (χ0v) is 16.4. The molecule has 0 radical (unpaired) electrons. The Labute approximate surface area is 161 Å². The molecule has 0 saturated carbocycles. The lowest BCUT2D eigenvalue weighted by molar-refractivity contribution is 0.102. The van der Waals surface area contributed by atoms with Crippen LogP contribution in [0, 0.1) is 13.8 Å². The second-order valence-corrected chi connectivity index (χ2v) is 8.66. The quantitative estimate of drug-likeness (QED) is 0.801. The minimum absolute atomic E-state index is 0.0681. The molecule has 0 spiro atoms. The first-order chi connectivity index (χ1) is 12.7. The molecule has 1 aromatic heterocycles. The van der Waals surface area contributed by atoms with E-state index in [0.717, 1.165) is 12.8 Å². The number of aromatic amines is 1. The molecule has 1 aromatic carbocycles. The predicted octanol–water partition coefficient (Wildman–Crippen LogP) is 2.08. The fourth-order valence-electron chi connectivity index (χ4n) is 2.94. The number of sulfonamides is 1. The molecule has 10 heteroatoms. The van der Waals surface area contributed by atoms with Crippen molar-refractivity contribution in [3.05, 3.63) is 50.4 Å². The molecule has 1 aliphatic heterocycles. The number of hydrogen-bond acceptors (Lipinski definition) is 5. The van der Waals surface area contributed by atoms with E-state index in [1.54, 1.807) is 13.8 Å². The maximum atomic E-state index is 12.8. The van der Waals surface area contributed by atoms with E-state index in [1.807, 2.05) is 0 Å². The summed E-state index contributed by atoms with van der Waals surface area (Å²) < 4.78 is 26.9. The molecule has 27 heavy (non-hydrogen) atoms. The highest BCUT2D eigenvalue weighted by atomic mass is 35.5. The van der Waals surface area contributed by atoms with Crippen molar-refractivity contribution < 1.29 is 13.2 Å². The van der Waals surface area contributed by atoms with Crippen LogP contribution in [-0.4, -0.2) is 41.9 Å². The van der Waals surface area contributed by atoms with E-state index in [1.165, 1.54) is 22.5 Å². The van der Waals surface area contributed by atoms with Gasteiger partial charge < -0.3 is 5.32 Å². The van der Waals surface area contributed by atoms with Crippen molar-refractivity contribution in [3.8, 4) is 0 Å². The Balaban J connectivity index is 1.95. The van der Waals surface area contributed by atoms with Crippen molar-refractivity contribution in [2.24, 2.45) is 0 Å². The number of nitrogens with one attached hydrogen (secondary N) is 2. The second-order valence-electron chi connectivity index (χ2n) is 6.35. The minimum atomic E-state index is -3.74. The number of carbonyl (C=O) groups excluding carboxylic acids is 1. The molecule has 2 N–H and O–H groups in total. The predicted molar refractivity (Wildman–Crippen MR) is 102 cm³/mol. The molecule has 0 bridgehead atoms. The maximum absolute atomic E-state index is 12.8. The third kappa shape index (κ3) is 3.76. The molecule has 8 nitrogen and oxygen atoms in total. The number of carbonyl (C=O) groups is 1. The van der Waals surface area contributed by atoms with E-state index in [2.05, 4.69) is 15.5 Å². The van der Waals surface area contributed by atoms with Gasteiger partial charge in [-0.3, -0.25) is 9.59 Å². The first-order valence-corrected chi connectivity index (χ1v) is 10.2. The molecule has 1 aliphatic rings. The van der Waals surface area contributed by atoms with Crippen molar-refractivity contribution in [2.45, 2.75) is 31.6 Å². The van der Waals surface area contributed by atoms with Gasteiger partial charge in [-0.15, -0.1) is 0 Å². The molecule has 2 aromatic rings. The SMILES string of the molecule is Cc1n[nH]c(=O)c(C(=O)Nc2ccc(Cl)c(S(=O)(=O)N3CCCC3)c2)c1C. The van der Waals surface area contributed by atoms with Gasteiger partial charge in [-0.2, -0.15) is 9.40 Å². The summed E-state index contributed by atoms with van der Waals surface area (Å²) in [5.41, 5.74) is 0.523. The number of amides is 1. The second kappa shape index (κ2) is 7.41. The lowest BCUT2D eigenvalue weighted by Gasteiger charge is -2.17. The van der Waals surface area contributed by atoms with E-state index in [4.69, 9.17) is 11.6 Å². The number of H-pyrrole nitrogens is 1. The van der Waals surface area contributed by atoms with Crippen LogP contribution in [0.3, 0.4) is 0 Å². The van der Waals surface area contributed by atoms with Crippen LogP contribution in [0.15, 0.2) is 27.9 Å². The van der Waals surface area contributed by atoms with Crippen LogP contribution in [0.4, 0.5) is 5.69 Å².